The van der Waals surface area contributed by atoms with Gasteiger partial charge >= 0.3 is 0 Å². The molecule has 53 heavy (non-hydrogen) atoms. The molecule has 7 nitrogen and oxygen atoms in total. The van der Waals surface area contributed by atoms with Crippen molar-refractivity contribution in [3.8, 4) is 0 Å². The van der Waals surface area contributed by atoms with Crippen molar-refractivity contribution in [2.75, 3.05) is 98.7 Å². The van der Waals surface area contributed by atoms with Gasteiger partial charge in [-0.2, -0.15) is 0 Å². The lowest BCUT2D eigenvalue weighted by molar-refractivity contribution is -0.141. The number of nitrogens with zero attached hydrogens (tertiary/aromatic N) is 7. The van der Waals surface area contributed by atoms with Gasteiger partial charge in [0.15, 0.2) is 0 Å². The van der Waals surface area contributed by atoms with E-state index in [0.29, 0.717) is 6.54 Å². The molecule has 6 saturated heterocycles. The first-order valence-corrected chi connectivity index (χ1v) is 21.5. The van der Waals surface area contributed by atoms with Crippen molar-refractivity contribution in [3.63, 3.8) is 0 Å². The zero-order valence-electron chi connectivity index (χ0n) is 37.0. The van der Waals surface area contributed by atoms with E-state index in [1.807, 2.05) is 27.7 Å². The van der Waals surface area contributed by atoms with Crippen LogP contribution in [0.4, 0.5) is 17.6 Å². The summed E-state index contributed by atoms with van der Waals surface area (Å²) in [7, 11) is 2.19. The Labute approximate surface area is 326 Å². The predicted molar refractivity (Wildman–Crippen MR) is 220 cm³/mol. The van der Waals surface area contributed by atoms with E-state index in [2.05, 4.69) is 86.9 Å². The molecule has 0 aromatic heterocycles. The van der Waals surface area contributed by atoms with Crippen LogP contribution in [-0.4, -0.2) is 181 Å². The van der Waals surface area contributed by atoms with Crippen LogP contribution in [0.25, 0.3) is 0 Å². The molecule has 6 aliphatic heterocycles. The molecule has 6 rings (SSSR count). The van der Waals surface area contributed by atoms with Crippen molar-refractivity contribution >= 4 is 0 Å². The largest absolute Gasteiger partial charge is 0.304 e. The standard InChI is InChI=1S/C8H18N2.C8H17N.C7H13F2N.C7H15N.C6H11F2N.C6H13N/c1-8(2)10-6-4-9(3)5-7-10;1-8(2)9-6-4-3-5-7-9;1-6(2)10-4-3-7(8,9)5-10;1-7(2)8-5-3-4-6-8;1-5(2)9-3-6(7,8)4-9;1-6(2)7-4-3-5-7/h8H,4-7H2,1-3H3;8H,3-7H2,1-2H3;6H,3-5H2,1-2H3;7H,3-6H2,1-2H3;5H,3-4H2,1-2H3;6H,3-5H2,1-2H3. The monoisotopic (exact) mass is 766 g/mol. The van der Waals surface area contributed by atoms with Crippen LogP contribution in [0.5, 0.6) is 0 Å². The summed E-state index contributed by atoms with van der Waals surface area (Å²) in [5.74, 6) is -4.82. The van der Waals surface area contributed by atoms with Crippen molar-refractivity contribution in [2.45, 2.75) is 176 Å². The third-order valence-electron chi connectivity index (χ3n) is 11.4. The molecule has 0 unspecified atom stereocenters. The molecule has 6 heterocycles. The Balaban J connectivity index is 0.000000319. The van der Waals surface area contributed by atoms with Crippen LogP contribution >= 0.6 is 0 Å². The van der Waals surface area contributed by atoms with Gasteiger partial charge in [0.05, 0.1) is 19.6 Å². The first-order chi connectivity index (χ1) is 24.6. The van der Waals surface area contributed by atoms with Crippen LogP contribution in [-0.2, 0) is 0 Å². The third kappa shape index (κ3) is 22.1. The van der Waals surface area contributed by atoms with E-state index in [1.54, 1.807) is 9.80 Å². The number of hydrogen-bond acceptors (Lipinski definition) is 7. The molecule has 0 amide bonds. The smallest absolute Gasteiger partial charge is 0.272 e. The minimum atomic E-state index is -2.43. The SMILES string of the molecule is CC(C)N1CC(F)(F)C1.CC(C)N1CCC(F)(F)C1.CC(C)N1CCC1.CC(C)N1CCCC1.CC(C)N1CCCCC1.CC(C)N1CCN(C)CC1. The molecule has 6 fully saturated rings. The molecule has 0 aromatic carbocycles. The van der Waals surface area contributed by atoms with Gasteiger partial charge in [0.25, 0.3) is 11.8 Å². The molecule has 0 saturated carbocycles. The number of piperidine rings is 1. The van der Waals surface area contributed by atoms with E-state index in [4.69, 9.17) is 0 Å². The van der Waals surface area contributed by atoms with E-state index >= 15 is 0 Å². The first-order valence-electron chi connectivity index (χ1n) is 21.5. The second-order valence-electron chi connectivity index (χ2n) is 18.0. The molecule has 0 aliphatic carbocycles. The summed E-state index contributed by atoms with van der Waals surface area (Å²) in [4.78, 5) is 16.0. The Bertz CT molecular complexity index is 886. The van der Waals surface area contributed by atoms with Crippen LogP contribution in [0.2, 0.25) is 0 Å². The second-order valence-corrected chi connectivity index (χ2v) is 18.0. The highest BCUT2D eigenvalue weighted by Crippen LogP contribution is 2.28. The quantitative estimate of drug-likeness (QED) is 0.252. The van der Waals surface area contributed by atoms with Crippen molar-refractivity contribution < 1.29 is 17.6 Å². The molecule has 0 radical (unpaired) electrons. The van der Waals surface area contributed by atoms with Gasteiger partial charge in [-0.3, -0.25) is 14.7 Å². The molecule has 11 heteroatoms. The highest BCUT2D eigenvalue weighted by Gasteiger charge is 2.44. The van der Waals surface area contributed by atoms with Crippen LogP contribution in [0.3, 0.4) is 0 Å². The zero-order valence-corrected chi connectivity index (χ0v) is 37.0. The molecule has 0 spiro atoms. The lowest BCUT2D eigenvalue weighted by Crippen LogP contribution is -2.58. The van der Waals surface area contributed by atoms with Gasteiger partial charge in [-0.25, -0.2) is 17.6 Å². The maximum absolute atomic E-state index is 12.5. The van der Waals surface area contributed by atoms with Gasteiger partial charge in [-0.1, -0.05) is 6.42 Å². The van der Waals surface area contributed by atoms with Crippen LogP contribution < -0.4 is 0 Å². The highest BCUT2D eigenvalue weighted by molar-refractivity contribution is 4.88. The fourth-order valence-electron chi connectivity index (χ4n) is 7.00. The molecule has 0 bridgehead atoms. The fourth-order valence-corrected chi connectivity index (χ4v) is 7.00. The van der Waals surface area contributed by atoms with Crippen molar-refractivity contribution in [1.82, 2.24) is 34.3 Å². The number of likely N-dealkylation sites (N-methyl/N-ethyl adjacent to an activating group) is 1. The second kappa shape index (κ2) is 25.6. The Morgan fingerprint density at radius 2 is 0.623 bits per heavy atom. The zero-order chi connectivity index (χ0) is 40.4. The molecule has 6 aliphatic rings. The topological polar surface area (TPSA) is 22.7 Å². The van der Waals surface area contributed by atoms with E-state index in [-0.39, 0.29) is 38.1 Å². The Morgan fingerprint density at radius 1 is 0.321 bits per heavy atom. The Hall–Kier alpha value is -0.560. The van der Waals surface area contributed by atoms with Crippen LogP contribution in [0, 0.1) is 0 Å². The number of hydrogen-bond donors (Lipinski definition) is 0. The third-order valence-corrected chi connectivity index (χ3v) is 11.4. The van der Waals surface area contributed by atoms with Gasteiger partial charge in [-0.05, 0) is 162 Å². The number of likely N-dealkylation sites (tertiary alicyclic amines) is 5. The van der Waals surface area contributed by atoms with Crippen LogP contribution in [0.15, 0.2) is 0 Å². The van der Waals surface area contributed by atoms with Gasteiger partial charge < -0.3 is 19.6 Å². The minimum absolute atomic E-state index is 0.0329. The number of halogens is 4. The number of rotatable bonds is 6. The molecule has 0 aromatic rings. The average Bonchev–Trinajstić information content (AvgIpc) is 3.71. The van der Waals surface area contributed by atoms with Crippen molar-refractivity contribution in [3.05, 3.63) is 0 Å². The van der Waals surface area contributed by atoms with Gasteiger partial charge in [0, 0.05) is 75.4 Å². The molecule has 0 atom stereocenters. The first kappa shape index (κ1) is 50.5. The molecular formula is C42H87F4N7. The summed E-state index contributed by atoms with van der Waals surface area (Å²) in [6.45, 7) is 39.2. The van der Waals surface area contributed by atoms with E-state index in [0.717, 1.165) is 24.2 Å². The molecule has 0 N–H and O–H groups in total. The summed E-state index contributed by atoms with van der Waals surface area (Å²) in [6.07, 6.45) is 8.55. The summed E-state index contributed by atoms with van der Waals surface area (Å²) in [6, 6.07) is 3.59. The van der Waals surface area contributed by atoms with Crippen molar-refractivity contribution in [2.24, 2.45) is 0 Å². The van der Waals surface area contributed by atoms with E-state index in [9.17, 15) is 17.6 Å². The van der Waals surface area contributed by atoms with Gasteiger partial charge in [0.2, 0.25) is 0 Å². The summed E-state index contributed by atoms with van der Waals surface area (Å²) < 4.78 is 49.2. The van der Waals surface area contributed by atoms with Crippen molar-refractivity contribution in [1.29, 1.82) is 0 Å². The summed E-state index contributed by atoms with van der Waals surface area (Å²) >= 11 is 0. The van der Waals surface area contributed by atoms with E-state index in [1.165, 1.54) is 104 Å². The Morgan fingerprint density at radius 3 is 0.830 bits per heavy atom. The van der Waals surface area contributed by atoms with Gasteiger partial charge in [0.1, 0.15) is 0 Å². The maximum Gasteiger partial charge on any atom is 0.272 e. The number of alkyl halides is 4. The summed E-state index contributed by atoms with van der Waals surface area (Å²) in [5, 5.41) is 0. The average molecular weight is 766 g/mol. The number of piperazine rings is 1. The minimum Gasteiger partial charge on any atom is -0.304 e. The lowest BCUT2D eigenvalue weighted by atomic mass is 10.1. The lowest BCUT2D eigenvalue weighted by Gasteiger charge is -2.41. The fraction of sp³-hybridized carbons (Fsp3) is 1.00. The van der Waals surface area contributed by atoms with E-state index < -0.39 is 11.8 Å². The van der Waals surface area contributed by atoms with Crippen LogP contribution in [0.1, 0.15) is 128 Å². The highest BCUT2D eigenvalue weighted by atomic mass is 19.3. The summed E-state index contributed by atoms with van der Waals surface area (Å²) in [5.41, 5.74) is 0. The molecular weight excluding hydrogens is 679 g/mol. The van der Waals surface area contributed by atoms with Gasteiger partial charge in [-0.15, -0.1) is 0 Å². The predicted octanol–water partition coefficient (Wildman–Crippen LogP) is 8.20. The normalized spacial score (nSPS) is 24.3. The maximum atomic E-state index is 12.5. The Kier molecular flexibility index (Phi) is 24.4. The molecule has 318 valence electrons.